The maximum Gasteiger partial charge on any atom is 0.243 e. The maximum atomic E-state index is 14.9. The summed E-state index contributed by atoms with van der Waals surface area (Å²) in [6.07, 6.45) is 6.12. The number of ether oxygens (including phenoxy) is 1. The molecule has 3 aromatic rings. The largest absolute Gasteiger partial charge is 0.497 e. The molecule has 1 aromatic heterocycles. The number of carbonyl (C=O) groups excluding carboxylic acids is 1. The fourth-order valence-electron chi connectivity index (χ4n) is 3.91. The molecule has 6 nitrogen and oxygen atoms in total. The first-order chi connectivity index (χ1) is 15.4. The van der Waals surface area contributed by atoms with Gasteiger partial charge in [0.2, 0.25) is 5.91 Å². The Morgan fingerprint density at radius 3 is 2.56 bits per heavy atom. The molecule has 2 heterocycles. The van der Waals surface area contributed by atoms with Crippen LogP contribution >= 0.6 is 0 Å². The Labute approximate surface area is 186 Å². The van der Waals surface area contributed by atoms with Crippen LogP contribution in [0.3, 0.4) is 0 Å². The highest BCUT2D eigenvalue weighted by Crippen LogP contribution is 2.38. The van der Waals surface area contributed by atoms with Gasteiger partial charge < -0.3 is 15.8 Å². The summed E-state index contributed by atoms with van der Waals surface area (Å²) < 4.78 is 20.0. The number of aromatic nitrogens is 2. The molecule has 1 aliphatic rings. The molecule has 0 radical (unpaired) electrons. The van der Waals surface area contributed by atoms with Gasteiger partial charge in [0.15, 0.2) is 0 Å². The number of nitrogens with two attached hydrogens (primary N) is 1. The number of benzene rings is 2. The lowest BCUT2D eigenvalue weighted by atomic mass is 9.87. The van der Waals surface area contributed by atoms with Crippen molar-refractivity contribution in [2.75, 3.05) is 12.4 Å². The van der Waals surface area contributed by atoms with Crippen molar-refractivity contribution in [1.82, 2.24) is 9.97 Å². The van der Waals surface area contributed by atoms with E-state index in [-0.39, 0.29) is 5.92 Å². The molecule has 2 atom stereocenters. The zero-order chi connectivity index (χ0) is 22.8. The van der Waals surface area contributed by atoms with Crippen LogP contribution < -0.4 is 15.8 Å². The fraction of sp³-hybridized carbons (Fsp3) is 0.240. The molecule has 0 spiro atoms. The number of primary amides is 1. The van der Waals surface area contributed by atoms with Gasteiger partial charge in [0.25, 0.3) is 0 Å². The van der Waals surface area contributed by atoms with Gasteiger partial charge in [-0.1, -0.05) is 19.1 Å². The van der Waals surface area contributed by atoms with Crippen molar-refractivity contribution < 1.29 is 13.9 Å². The van der Waals surface area contributed by atoms with E-state index in [2.05, 4.69) is 22.2 Å². The van der Waals surface area contributed by atoms with Crippen LogP contribution in [0.1, 0.15) is 40.9 Å². The topological polar surface area (TPSA) is 90.1 Å². The van der Waals surface area contributed by atoms with Crippen molar-refractivity contribution in [3.8, 4) is 5.75 Å². The first-order valence-electron chi connectivity index (χ1n) is 10.4. The molecule has 0 bridgehead atoms. The Kier molecular flexibility index (Phi) is 5.90. The van der Waals surface area contributed by atoms with Crippen LogP contribution in [-0.4, -0.2) is 29.0 Å². The first kappa shape index (κ1) is 21.5. The van der Waals surface area contributed by atoms with Crippen LogP contribution in [0.2, 0.25) is 0 Å². The molecule has 164 valence electrons. The van der Waals surface area contributed by atoms with Crippen LogP contribution in [0.5, 0.6) is 5.75 Å². The second kappa shape index (κ2) is 8.78. The van der Waals surface area contributed by atoms with Crippen molar-refractivity contribution in [2.24, 2.45) is 5.73 Å². The summed E-state index contributed by atoms with van der Waals surface area (Å²) in [5.41, 5.74) is 10.3. The molecule has 0 saturated carbocycles. The molecule has 32 heavy (non-hydrogen) atoms. The van der Waals surface area contributed by atoms with Gasteiger partial charge in [-0.05, 0) is 60.2 Å². The van der Waals surface area contributed by atoms with Crippen LogP contribution in [-0.2, 0) is 11.2 Å². The summed E-state index contributed by atoms with van der Waals surface area (Å²) in [7, 11) is 1.49. The number of anilines is 1. The molecular weight excluding hydrogens is 407 g/mol. The smallest absolute Gasteiger partial charge is 0.243 e. The molecule has 0 aliphatic carbocycles. The summed E-state index contributed by atoms with van der Waals surface area (Å²) in [4.78, 5) is 20.5. The number of nitrogens with zero attached hydrogens (tertiary/aromatic N) is 2. The molecule has 2 unspecified atom stereocenters. The Morgan fingerprint density at radius 2 is 1.91 bits per heavy atom. The first-order valence-corrected chi connectivity index (χ1v) is 10.4. The third-order valence-corrected chi connectivity index (χ3v) is 5.70. The minimum atomic E-state index is -0.741. The number of carbonyl (C=O) groups is 1. The standard InChI is InChI=1S/C25H25FN4O2/c1-14(8-16-12-28-15(2)29-13-16)17-4-6-20-21(11-24(25(27)31)30-23(20)9-17)19-7-5-18(32-3)10-22(19)26/h4-7,9-14,24,30H,8H2,1-3H3,(H2,27,31). The number of halogens is 1. The number of fused-ring (bicyclic) bond motifs is 1. The molecule has 7 heteroatoms. The number of hydrogen-bond donors (Lipinski definition) is 2. The predicted molar refractivity (Wildman–Crippen MR) is 122 cm³/mol. The van der Waals surface area contributed by atoms with Crippen molar-refractivity contribution in [3.05, 3.63) is 88.8 Å². The van der Waals surface area contributed by atoms with E-state index >= 15 is 0 Å². The number of hydrogen-bond acceptors (Lipinski definition) is 5. The van der Waals surface area contributed by atoms with E-state index in [1.54, 1.807) is 18.2 Å². The Hall–Kier alpha value is -3.74. The fourth-order valence-corrected chi connectivity index (χ4v) is 3.91. The third-order valence-electron chi connectivity index (χ3n) is 5.70. The normalized spacial score (nSPS) is 15.9. The molecule has 4 rings (SSSR count). The number of methoxy groups -OCH3 is 1. The number of nitrogens with one attached hydrogen (secondary N) is 1. The quantitative estimate of drug-likeness (QED) is 0.615. The number of aryl methyl sites for hydroxylation is 1. The van der Waals surface area contributed by atoms with Gasteiger partial charge in [-0.2, -0.15) is 0 Å². The van der Waals surface area contributed by atoms with Crippen LogP contribution in [0.15, 0.2) is 54.9 Å². The summed E-state index contributed by atoms with van der Waals surface area (Å²) in [5.74, 6) is 0.395. The zero-order valence-electron chi connectivity index (χ0n) is 18.2. The SMILES string of the molecule is COc1ccc(C2=CC(C(N)=O)Nc3cc(C(C)Cc4cnc(C)nc4)ccc32)c(F)c1. The van der Waals surface area contributed by atoms with Gasteiger partial charge >= 0.3 is 0 Å². The molecule has 0 fully saturated rings. The van der Waals surface area contributed by atoms with Crippen molar-refractivity contribution in [1.29, 1.82) is 0 Å². The van der Waals surface area contributed by atoms with Gasteiger partial charge in [0.1, 0.15) is 23.4 Å². The second-order valence-electron chi connectivity index (χ2n) is 8.00. The highest BCUT2D eigenvalue weighted by Gasteiger charge is 2.25. The minimum absolute atomic E-state index is 0.188. The number of rotatable bonds is 6. The molecule has 1 amide bonds. The van der Waals surface area contributed by atoms with Crippen molar-refractivity contribution in [2.45, 2.75) is 32.2 Å². The lowest BCUT2D eigenvalue weighted by Crippen LogP contribution is -2.36. The number of amides is 1. The van der Waals surface area contributed by atoms with Gasteiger partial charge in [0, 0.05) is 35.3 Å². The Morgan fingerprint density at radius 1 is 1.19 bits per heavy atom. The minimum Gasteiger partial charge on any atom is -0.497 e. The van der Waals surface area contributed by atoms with Gasteiger partial charge in [0.05, 0.1) is 7.11 Å². The van der Waals surface area contributed by atoms with Crippen molar-refractivity contribution >= 4 is 17.2 Å². The second-order valence-corrected chi connectivity index (χ2v) is 8.00. The summed E-state index contributed by atoms with van der Waals surface area (Å²) in [6, 6.07) is 9.92. The summed E-state index contributed by atoms with van der Waals surface area (Å²) in [6.45, 7) is 3.98. The van der Waals surface area contributed by atoms with E-state index in [9.17, 15) is 9.18 Å². The Balaban J connectivity index is 1.70. The van der Waals surface area contributed by atoms with E-state index in [0.29, 0.717) is 16.9 Å². The lowest BCUT2D eigenvalue weighted by molar-refractivity contribution is -0.117. The highest BCUT2D eigenvalue weighted by molar-refractivity contribution is 5.96. The van der Waals surface area contributed by atoms with Crippen LogP contribution in [0, 0.1) is 12.7 Å². The van der Waals surface area contributed by atoms with Crippen LogP contribution in [0.4, 0.5) is 10.1 Å². The Bertz CT molecular complexity index is 1190. The summed E-state index contributed by atoms with van der Waals surface area (Å²) in [5, 5.41) is 3.18. The predicted octanol–water partition coefficient (Wildman–Crippen LogP) is 3.99. The average molecular weight is 432 g/mol. The maximum absolute atomic E-state index is 14.9. The lowest BCUT2D eigenvalue weighted by Gasteiger charge is -2.26. The van der Waals surface area contributed by atoms with E-state index in [1.807, 2.05) is 37.5 Å². The van der Waals surface area contributed by atoms with Gasteiger partial charge in [-0.3, -0.25) is 4.79 Å². The molecule has 0 saturated heterocycles. The van der Waals surface area contributed by atoms with E-state index < -0.39 is 17.8 Å². The molecular formula is C25H25FN4O2. The molecule has 3 N–H and O–H groups in total. The summed E-state index contributed by atoms with van der Waals surface area (Å²) >= 11 is 0. The van der Waals surface area contributed by atoms with E-state index in [1.165, 1.54) is 13.2 Å². The zero-order valence-corrected chi connectivity index (χ0v) is 18.2. The van der Waals surface area contributed by atoms with E-state index in [4.69, 9.17) is 10.5 Å². The van der Waals surface area contributed by atoms with Crippen molar-refractivity contribution in [3.63, 3.8) is 0 Å². The monoisotopic (exact) mass is 432 g/mol. The van der Waals surface area contributed by atoms with Gasteiger partial charge in [-0.25, -0.2) is 14.4 Å². The third kappa shape index (κ3) is 4.32. The van der Waals surface area contributed by atoms with Crippen LogP contribution in [0.25, 0.3) is 5.57 Å². The van der Waals surface area contributed by atoms with E-state index in [0.717, 1.165) is 34.6 Å². The highest BCUT2D eigenvalue weighted by atomic mass is 19.1. The molecule has 1 aliphatic heterocycles. The van der Waals surface area contributed by atoms with Gasteiger partial charge in [-0.15, -0.1) is 0 Å². The molecule has 2 aromatic carbocycles. The average Bonchev–Trinajstić information content (AvgIpc) is 2.79.